The molecule has 108 valence electrons. The Morgan fingerprint density at radius 1 is 0.947 bits per heavy atom. The lowest BCUT2D eigenvalue weighted by atomic mass is 10.2. The van der Waals surface area contributed by atoms with E-state index in [0.717, 1.165) is 25.9 Å². The molecule has 1 nitrogen and oxygen atoms in total. The zero-order valence-electron chi connectivity index (χ0n) is 11.6. The van der Waals surface area contributed by atoms with Crippen molar-refractivity contribution in [2.75, 3.05) is 19.6 Å². The lowest BCUT2D eigenvalue weighted by molar-refractivity contribution is -0.137. The molecular formula is C15H22F3N. The van der Waals surface area contributed by atoms with Gasteiger partial charge >= 0.3 is 6.18 Å². The Hall–Kier alpha value is -1.03. The maximum absolute atomic E-state index is 11.7. The van der Waals surface area contributed by atoms with E-state index in [0.29, 0.717) is 0 Å². The number of hydrogen-bond donors (Lipinski definition) is 0. The minimum Gasteiger partial charge on any atom is -0.303 e. The Balaban J connectivity index is 0.000000200. The molecule has 0 amide bonds. The van der Waals surface area contributed by atoms with E-state index in [4.69, 9.17) is 0 Å². The van der Waals surface area contributed by atoms with Crippen LogP contribution in [0.3, 0.4) is 0 Å². The first-order valence-corrected chi connectivity index (χ1v) is 6.69. The van der Waals surface area contributed by atoms with Gasteiger partial charge in [0.15, 0.2) is 0 Å². The molecule has 1 fully saturated rings. The highest BCUT2D eigenvalue weighted by atomic mass is 19.4. The molecule has 0 N–H and O–H groups in total. The van der Waals surface area contributed by atoms with Gasteiger partial charge in [-0.2, -0.15) is 13.2 Å². The van der Waals surface area contributed by atoms with Crippen LogP contribution in [0.4, 0.5) is 13.2 Å². The molecule has 1 aliphatic heterocycles. The van der Waals surface area contributed by atoms with Crippen molar-refractivity contribution >= 4 is 0 Å². The second kappa shape index (κ2) is 7.53. The highest BCUT2D eigenvalue weighted by Crippen LogP contribution is 2.20. The van der Waals surface area contributed by atoms with Crippen molar-refractivity contribution in [1.82, 2.24) is 4.90 Å². The van der Waals surface area contributed by atoms with Crippen molar-refractivity contribution in [2.24, 2.45) is 0 Å². The van der Waals surface area contributed by atoms with Crippen LogP contribution in [-0.4, -0.2) is 30.7 Å². The van der Waals surface area contributed by atoms with Crippen LogP contribution < -0.4 is 0 Å². The van der Waals surface area contributed by atoms with Gasteiger partial charge in [0.05, 0.1) is 6.42 Å². The van der Waals surface area contributed by atoms with Crippen molar-refractivity contribution in [3.05, 3.63) is 35.4 Å². The fraction of sp³-hybridized carbons (Fsp3) is 0.600. The zero-order chi connectivity index (χ0) is 14.3. The molecule has 1 aromatic carbocycles. The van der Waals surface area contributed by atoms with Crippen molar-refractivity contribution < 1.29 is 13.2 Å². The molecule has 0 spiro atoms. The summed E-state index contributed by atoms with van der Waals surface area (Å²) in [6.07, 6.45) is -2.54. The van der Waals surface area contributed by atoms with Crippen molar-refractivity contribution in [2.45, 2.75) is 39.3 Å². The topological polar surface area (TPSA) is 3.24 Å². The van der Waals surface area contributed by atoms with Crippen molar-refractivity contribution in [3.8, 4) is 0 Å². The molecule has 0 atom stereocenters. The SMILES string of the molecule is Cc1ccc(C)cc1.FC(F)(F)CCN1CCCC1. The molecule has 1 aromatic rings. The van der Waals surface area contributed by atoms with Gasteiger partial charge in [0.25, 0.3) is 0 Å². The molecule has 4 heteroatoms. The molecule has 19 heavy (non-hydrogen) atoms. The Morgan fingerprint density at radius 3 is 1.74 bits per heavy atom. The van der Waals surface area contributed by atoms with E-state index < -0.39 is 12.6 Å². The minimum atomic E-state index is -3.98. The molecule has 0 saturated carbocycles. The molecule has 0 aliphatic carbocycles. The van der Waals surface area contributed by atoms with Crippen LogP contribution in [0.25, 0.3) is 0 Å². The van der Waals surface area contributed by atoms with Gasteiger partial charge < -0.3 is 4.90 Å². The zero-order valence-corrected chi connectivity index (χ0v) is 11.6. The van der Waals surface area contributed by atoms with Gasteiger partial charge in [-0.1, -0.05) is 35.4 Å². The second-order valence-corrected chi connectivity index (χ2v) is 5.07. The maximum Gasteiger partial charge on any atom is 0.390 e. The highest BCUT2D eigenvalue weighted by Gasteiger charge is 2.28. The summed E-state index contributed by atoms with van der Waals surface area (Å²) in [6.45, 7) is 6.06. The van der Waals surface area contributed by atoms with Crippen LogP contribution in [0, 0.1) is 13.8 Å². The van der Waals surface area contributed by atoms with Crippen LogP contribution in [0.5, 0.6) is 0 Å². The molecule has 1 heterocycles. The van der Waals surface area contributed by atoms with Crippen LogP contribution >= 0.6 is 0 Å². The van der Waals surface area contributed by atoms with Crippen LogP contribution in [0.2, 0.25) is 0 Å². The summed E-state index contributed by atoms with van der Waals surface area (Å²) in [7, 11) is 0. The third-order valence-electron chi connectivity index (χ3n) is 3.13. The van der Waals surface area contributed by atoms with Gasteiger partial charge in [0.1, 0.15) is 0 Å². The lowest BCUT2D eigenvalue weighted by Gasteiger charge is -2.15. The molecule has 1 aliphatic rings. The average molecular weight is 273 g/mol. The second-order valence-electron chi connectivity index (χ2n) is 5.07. The fourth-order valence-corrected chi connectivity index (χ4v) is 1.93. The third kappa shape index (κ3) is 7.88. The predicted molar refractivity (Wildman–Crippen MR) is 72.3 cm³/mol. The first-order chi connectivity index (χ1) is 8.87. The Bertz CT molecular complexity index is 330. The summed E-state index contributed by atoms with van der Waals surface area (Å²) in [5.74, 6) is 0. The average Bonchev–Trinajstić information content (AvgIpc) is 2.83. The normalized spacial score (nSPS) is 16.1. The number of halogens is 3. The number of alkyl halides is 3. The summed E-state index contributed by atoms with van der Waals surface area (Å²) < 4.78 is 35.0. The van der Waals surface area contributed by atoms with Crippen LogP contribution in [0.15, 0.2) is 24.3 Å². The molecule has 0 bridgehead atoms. The Morgan fingerprint density at radius 2 is 1.37 bits per heavy atom. The number of nitrogens with zero attached hydrogens (tertiary/aromatic N) is 1. The van der Waals surface area contributed by atoms with E-state index in [1.165, 1.54) is 11.1 Å². The monoisotopic (exact) mass is 273 g/mol. The quantitative estimate of drug-likeness (QED) is 0.775. The highest BCUT2D eigenvalue weighted by molar-refractivity contribution is 5.19. The van der Waals surface area contributed by atoms with Crippen LogP contribution in [0.1, 0.15) is 30.4 Å². The van der Waals surface area contributed by atoms with E-state index in [1.54, 1.807) is 0 Å². The molecule has 0 unspecified atom stereocenters. The van der Waals surface area contributed by atoms with Gasteiger partial charge in [-0.15, -0.1) is 0 Å². The lowest BCUT2D eigenvalue weighted by Crippen LogP contribution is -2.25. The fourth-order valence-electron chi connectivity index (χ4n) is 1.93. The maximum atomic E-state index is 11.7. The largest absolute Gasteiger partial charge is 0.390 e. The van der Waals surface area contributed by atoms with E-state index in [9.17, 15) is 13.2 Å². The number of benzene rings is 1. The van der Waals surface area contributed by atoms with Gasteiger partial charge in [-0.05, 0) is 39.8 Å². The number of rotatable bonds is 2. The van der Waals surface area contributed by atoms with E-state index in [2.05, 4.69) is 38.1 Å². The summed E-state index contributed by atoms with van der Waals surface area (Å²) in [5, 5.41) is 0. The minimum absolute atomic E-state index is 0.184. The third-order valence-corrected chi connectivity index (χ3v) is 3.13. The first-order valence-electron chi connectivity index (χ1n) is 6.69. The summed E-state index contributed by atoms with van der Waals surface area (Å²) >= 11 is 0. The van der Waals surface area contributed by atoms with Crippen LogP contribution in [-0.2, 0) is 0 Å². The molecule has 1 saturated heterocycles. The predicted octanol–water partition coefficient (Wildman–Crippen LogP) is 4.34. The smallest absolute Gasteiger partial charge is 0.303 e. The molecule has 0 radical (unpaired) electrons. The van der Waals surface area contributed by atoms with Gasteiger partial charge in [0, 0.05) is 6.54 Å². The number of aryl methyl sites for hydroxylation is 2. The first kappa shape index (κ1) is 16.0. The van der Waals surface area contributed by atoms with Gasteiger partial charge in [0.2, 0.25) is 0 Å². The van der Waals surface area contributed by atoms with Gasteiger partial charge in [-0.25, -0.2) is 0 Å². The summed E-state index contributed by atoms with van der Waals surface area (Å²) in [5.41, 5.74) is 2.66. The summed E-state index contributed by atoms with van der Waals surface area (Å²) in [6, 6.07) is 8.48. The molecule has 0 aromatic heterocycles. The molecular weight excluding hydrogens is 251 g/mol. The Labute approximate surface area is 113 Å². The van der Waals surface area contributed by atoms with Crippen molar-refractivity contribution in [1.29, 1.82) is 0 Å². The number of likely N-dealkylation sites (tertiary alicyclic amines) is 1. The van der Waals surface area contributed by atoms with E-state index >= 15 is 0 Å². The summed E-state index contributed by atoms with van der Waals surface area (Å²) in [4.78, 5) is 1.87. The number of hydrogen-bond acceptors (Lipinski definition) is 1. The van der Waals surface area contributed by atoms with Crippen molar-refractivity contribution in [3.63, 3.8) is 0 Å². The standard InChI is InChI=1S/C8H10.C7H12F3N/c1-7-3-5-8(2)6-4-7;8-7(9,10)3-6-11-4-1-2-5-11/h3-6H,1-2H3;1-6H2. The van der Waals surface area contributed by atoms with E-state index in [-0.39, 0.29) is 6.54 Å². The molecule has 2 rings (SSSR count). The van der Waals surface area contributed by atoms with E-state index in [1.807, 2.05) is 4.90 Å². The van der Waals surface area contributed by atoms with Gasteiger partial charge in [-0.3, -0.25) is 0 Å². The Kier molecular flexibility index (Phi) is 6.35.